The van der Waals surface area contributed by atoms with Crippen molar-refractivity contribution in [2.75, 3.05) is 0 Å². The van der Waals surface area contributed by atoms with Crippen LogP contribution < -0.4 is 37.3 Å². The molecule has 48 heavy (non-hydrogen) atoms. The van der Waals surface area contributed by atoms with E-state index in [-0.39, 0.29) is 44.8 Å². The van der Waals surface area contributed by atoms with E-state index in [1.165, 1.54) is 0 Å². The van der Waals surface area contributed by atoms with Gasteiger partial charge < -0.3 is 0 Å². The molecule has 0 saturated carbocycles. The van der Waals surface area contributed by atoms with Crippen LogP contribution in [0.15, 0.2) is 97.1 Å². The second kappa shape index (κ2) is 23.9. The van der Waals surface area contributed by atoms with Gasteiger partial charge in [-0.15, -0.1) is 20.5 Å². The average molecular weight is 871 g/mol. The molecule has 12 nitrogen and oxygen atoms in total. The molecule has 0 heterocycles. The fourth-order valence-corrected chi connectivity index (χ4v) is 2.99. The van der Waals surface area contributed by atoms with Crippen molar-refractivity contribution in [3.63, 3.8) is 0 Å². The first-order chi connectivity index (χ1) is 21.7. The van der Waals surface area contributed by atoms with Crippen molar-refractivity contribution in [2.24, 2.45) is 0 Å². The molecule has 0 aliphatic rings. The van der Waals surface area contributed by atoms with Gasteiger partial charge in [0.25, 0.3) is 0 Å². The third-order valence-electron chi connectivity index (χ3n) is 4.76. The Morgan fingerprint density at radius 3 is 0.896 bits per heavy atom. The first-order valence-electron chi connectivity index (χ1n) is 11.9. The van der Waals surface area contributed by atoms with Crippen molar-refractivity contribution in [3.8, 4) is 48.0 Å². The summed E-state index contributed by atoms with van der Waals surface area (Å²) in [7, 11) is -9.89. The summed E-state index contributed by atoms with van der Waals surface area (Å²) in [5.41, 5.74) is 5.20. The molecule has 0 bridgehead atoms. The summed E-state index contributed by atoms with van der Waals surface area (Å²) in [4.78, 5) is 0. The van der Waals surface area contributed by atoms with E-state index in [0.29, 0.717) is 33.4 Å². The van der Waals surface area contributed by atoms with Crippen LogP contribution in [0.3, 0.4) is 0 Å². The first kappa shape index (κ1) is 45.8. The number of hydrogen-bond acceptors (Lipinski definition) is 12. The van der Waals surface area contributed by atoms with Gasteiger partial charge in [0.2, 0.25) is 0 Å². The monoisotopic (exact) mass is 868 g/mol. The van der Waals surface area contributed by atoms with Crippen LogP contribution in [0.5, 0.6) is 0 Å². The van der Waals surface area contributed by atoms with Crippen LogP contribution >= 0.6 is 0 Å². The standard InChI is InChI=1S/2C16H8N2.2Ag.2ClHO4/c2*17-11-14-5-3-4-13(10-14)8-9-15-6-1-2-7-16(15)12-18;;;2*2-1(3,4)5/h2*1-7,10H;;;2*(H,2,3,4,5)/q;;2*+1;;/p-2. The Morgan fingerprint density at radius 2 is 0.625 bits per heavy atom. The van der Waals surface area contributed by atoms with E-state index in [1.807, 2.05) is 24.3 Å². The molecule has 0 aromatic heterocycles. The molecule has 0 N–H and O–H groups in total. The third kappa shape index (κ3) is 22.3. The summed E-state index contributed by atoms with van der Waals surface area (Å²) in [6, 6.07) is 36.9. The molecule has 16 heteroatoms. The molecular formula is C32H16Ag2Cl2N4O8. The second-order valence-corrected chi connectivity index (χ2v) is 9.47. The zero-order valence-corrected chi connectivity index (χ0v) is 28.1. The number of nitrogens with zero attached hydrogens (tertiary/aromatic N) is 4. The van der Waals surface area contributed by atoms with E-state index in [0.717, 1.165) is 11.1 Å². The number of hydrogen-bond donors (Lipinski definition) is 0. The van der Waals surface area contributed by atoms with Crippen molar-refractivity contribution >= 4 is 0 Å². The van der Waals surface area contributed by atoms with Crippen molar-refractivity contribution in [2.45, 2.75) is 0 Å². The Morgan fingerprint density at radius 1 is 0.354 bits per heavy atom. The molecule has 4 aromatic carbocycles. The summed E-state index contributed by atoms with van der Waals surface area (Å²) in [6.07, 6.45) is 0. The molecule has 0 unspecified atom stereocenters. The molecule has 0 radical (unpaired) electrons. The Labute approximate surface area is 311 Å². The van der Waals surface area contributed by atoms with Crippen molar-refractivity contribution in [3.05, 3.63) is 142 Å². The van der Waals surface area contributed by atoms with Crippen molar-refractivity contribution in [1.29, 1.82) is 21.0 Å². The summed E-state index contributed by atoms with van der Waals surface area (Å²) >= 11 is 0. The molecule has 4 aromatic rings. The largest absolute Gasteiger partial charge is 1.00 e. The van der Waals surface area contributed by atoms with Gasteiger partial charge in [-0.25, -0.2) is 37.3 Å². The van der Waals surface area contributed by atoms with Crippen molar-refractivity contribution < 1.29 is 103 Å². The van der Waals surface area contributed by atoms with E-state index in [9.17, 15) is 0 Å². The van der Waals surface area contributed by atoms with E-state index in [4.69, 9.17) is 58.3 Å². The fourth-order valence-electron chi connectivity index (χ4n) is 2.99. The maximum Gasteiger partial charge on any atom is 1.00 e. The van der Waals surface area contributed by atoms with Gasteiger partial charge in [-0.1, -0.05) is 60.1 Å². The van der Waals surface area contributed by atoms with Gasteiger partial charge in [0, 0.05) is 22.3 Å². The van der Waals surface area contributed by atoms with Gasteiger partial charge in [-0.2, -0.15) is 21.0 Å². The molecule has 0 aliphatic heterocycles. The summed E-state index contributed by atoms with van der Waals surface area (Å²) in [6.45, 7) is 0. The van der Waals surface area contributed by atoms with Crippen LogP contribution in [0.1, 0.15) is 44.5 Å². The van der Waals surface area contributed by atoms with Crippen molar-refractivity contribution in [1.82, 2.24) is 0 Å². The van der Waals surface area contributed by atoms with E-state index < -0.39 is 20.5 Å². The van der Waals surface area contributed by atoms with Crippen LogP contribution in [0.2, 0.25) is 0 Å². The zero-order chi connectivity index (χ0) is 34.6. The Kier molecular flexibility index (Phi) is 22.8. The second-order valence-electron chi connectivity index (χ2n) is 7.96. The van der Waals surface area contributed by atoms with Crippen LogP contribution in [-0.2, 0) is 44.8 Å². The number of halogens is 2. The van der Waals surface area contributed by atoms with Gasteiger partial charge in [0.15, 0.2) is 0 Å². The number of benzene rings is 4. The molecule has 0 amide bonds. The smallest absolute Gasteiger partial charge is 0.222 e. The third-order valence-corrected chi connectivity index (χ3v) is 4.76. The summed E-state index contributed by atoms with van der Waals surface area (Å²) in [5, 5.41) is 35.5. The van der Waals surface area contributed by atoms with Gasteiger partial charge in [0.05, 0.1) is 34.4 Å². The molecular weight excluding hydrogens is 855 g/mol. The van der Waals surface area contributed by atoms with Gasteiger partial charge in [-0.05, 0) is 60.7 Å². The quantitative estimate of drug-likeness (QED) is 0.121. The van der Waals surface area contributed by atoms with Crippen LogP contribution in [0.25, 0.3) is 0 Å². The van der Waals surface area contributed by atoms with Crippen LogP contribution in [0.4, 0.5) is 0 Å². The Hall–Kier alpha value is -4.30. The average Bonchev–Trinajstić information content (AvgIpc) is 3.02. The topological polar surface area (TPSA) is 280 Å². The molecule has 0 atom stereocenters. The minimum atomic E-state index is -4.94. The SMILES string of the molecule is N#Cc1cccc(C#Cc2ccccc2C#N)c1.N#Cc1cccc(C#Cc2ccccc2C#N)c1.[Ag+].[Ag+].[O-][Cl+3]([O-])([O-])[O-].[O-][Cl+3]([O-])([O-])[O-]. The van der Waals surface area contributed by atoms with Gasteiger partial charge in [0.1, 0.15) is 12.1 Å². The van der Waals surface area contributed by atoms with E-state index in [1.54, 1.807) is 72.8 Å². The van der Waals surface area contributed by atoms with Gasteiger partial charge >= 0.3 is 44.8 Å². The predicted molar refractivity (Wildman–Crippen MR) is 137 cm³/mol. The maximum atomic E-state index is 8.94. The molecule has 0 aliphatic carbocycles. The molecule has 248 valence electrons. The summed E-state index contributed by atoms with van der Waals surface area (Å²) < 4.78 is 67.9. The number of rotatable bonds is 0. The Balaban J connectivity index is 0. The number of nitriles is 4. The predicted octanol–water partition coefficient (Wildman–Crippen LogP) is -3.86. The molecule has 0 spiro atoms. The maximum absolute atomic E-state index is 8.94. The molecule has 4 rings (SSSR count). The molecule has 0 fully saturated rings. The summed E-state index contributed by atoms with van der Waals surface area (Å²) in [5.74, 6) is 11.8. The normalized spacial score (nSPS) is 8.92. The van der Waals surface area contributed by atoms with Gasteiger partial charge in [-0.3, -0.25) is 0 Å². The zero-order valence-electron chi connectivity index (χ0n) is 23.7. The first-order valence-corrected chi connectivity index (χ1v) is 14.4. The van der Waals surface area contributed by atoms with E-state index in [2.05, 4.69) is 48.0 Å². The fraction of sp³-hybridized carbons (Fsp3) is 0. The van der Waals surface area contributed by atoms with Crippen LogP contribution in [-0.4, -0.2) is 0 Å². The molecule has 0 saturated heterocycles. The van der Waals surface area contributed by atoms with E-state index >= 15 is 0 Å². The van der Waals surface area contributed by atoms with Crippen LogP contribution in [0, 0.1) is 89.5 Å². The Bertz CT molecular complexity index is 1780. The minimum Gasteiger partial charge on any atom is -0.222 e. The minimum absolute atomic E-state index is 0.